The van der Waals surface area contributed by atoms with Crippen molar-refractivity contribution in [1.29, 1.82) is 0 Å². The molecule has 0 spiro atoms. The second-order valence-corrected chi connectivity index (χ2v) is 6.96. The van der Waals surface area contributed by atoms with E-state index in [1.807, 2.05) is 13.8 Å². The molecular weight excluding hydrogens is 306 g/mol. The summed E-state index contributed by atoms with van der Waals surface area (Å²) in [6.45, 7) is 6.01. The summed E-state index contributed by atoms with van der Waals surface area (Å²) in [5.74, 6) is 0.224. The van der Waals surface area contributed by atoms with Gasteiger partial charge in [-0.1, -0.05) is 18.6 Å². The van der Waals surface area contributed by atoms with Crippen LogP contribution in [-0.4, -0.2) is 22.9 Å². The van der Waals surface area contributed by atoms with E-state index in [0.29, 0.717) is 6.04 Å². The molecule has 6 nitrogen and oxygen atoms in total. The van der Waals surface area contributed by atoms with Crippen molar-refractivity contribution in [2.75, 3.05) is 0 Å². The Labute approximate surface area is 143 Å². The minimum absolute atomic E-state index is 0.0720. The lowest BCUT2D eigenvalue weighted by Crippen LogP contribution is -2.42. The molecular formula is C18H27N3O3. The zero-order valence-corrected chi connectivity index (χ0v) is 14.6. The number of carbonyl (C=O) groups is 1. The van der Waals surface area contributed by atoms with Crippen molar-refractivity contribution >= 4 is 11.6 Å². The lowest BCUT2D eigenvalue weighted by molar-refractivity contribution is -0.384. The van der Waals surface area contributed by atoms with E-state index in [0.717, 1.165) is 31.2 Å². The van der Waals surface area contributed by atoms with Crippen LogP contribution in [-0.2, 0) is 4.79 Å². The molecule has 2 N–H and O–H groups in total. The van der Waals surface area contributed by atoms with E-state index < -0.39 is 0 Å². The molecule has 1 saturated carbocycles. The summed E-state index contributed by atoms with van der Waals surface area (Å²) in [4.78, 5) is 22.5. The first-order valence-corrected chi connectivity index (χ1v) is 8.67. The molecule has 0 radical (unpaired) electrons. The fourth-order valence-electron chi connectivity index (χ4n) is 3.32. The lowest BCUT2D eigenvalue weighted by Gasteiger charge is -2.31. The Bertz CT molecular complexity index is 571. The highest BCUT2D eigenvalue weighted by molar-refractivity contribution is 5.79. The molecule has 1 aliphatic carbocycles. The SMILES string of the molecule is CC(C)NC(=O)[C@@H]1CCC[C@H](N[C@H](C)c2ccc([N+](=O)[O-])cc2)C1. The van der Waals surface area contributed by atoms with Crippen molar-refractivity contribution in [3.8, 4) is 0 Å². The summed E-state index contributed by atoms with van der Waals surface area (Å²) >= 11 is 0. The van der Waals surface area contributed by atoms with E-state index in [1.165, 1.54) is 12.1 Å². The molecule has 1 fully saturated rings. The third kappa shape index (κ3) is 5.03. The van der Waals surface area contributed by atoms with Gasteiger partial charge in [-0.2, -0.15) is 0 Å². The summed E-state index contributed by atoms with van der Waals surface area (Å²) in [7, 11) is 0. The van der Waals surface area contributed by atoms with E-state index in [1.54, 1.807) is 12.1 Å². The van der Waals surface area contributed by atoms with Gasteiger partial charge < -0.3 is 10.6 Å². The molecule has 0 aliphatic heterocycles. The van der Waals surface area contributed by atoms with Crippen LogP contribution >= 0.6 is 0 Å². The third-order valence-corrected chi connectivity index (χ3v) is 4.57. The number of amides is 1. The molecule has 1 amide bonds. The second-order valence-electron chi connectivity index (χ2n) is 6.96. The molecule has 0 aromatic heterocycles. The van der Waals surface area contributed by atoms with Crippen LogP contribution in [0.2, 0.25) is 0 Å². The van der Waals surface area contributed by atoms with Crippen LogP contribution in [0.4, 0.5) is 5.69 Å². The Morgan fingerprint density at radius 2 is 1.88 bits per heavy atom. The van der Waals surface area contributed by atoms with Gasteiger partial charge in [0.1, 0.15) is 0 Å². The minimum Gasteiger partial charge on any atom is -0.354 e. The fourth-order valence-corrected chi connectivity index (χ4v) is 3.32. The number of hydrogen-bond donors (Lipinski definition) is 2. The van der Waals surface area contributed by atoms with Crippen LogP contribution in [0.15, 0.2) is 24.3 Å². The highest BCUT2D eigenvalue weighted by Gasteiger charge is 2.28. The van der Waals surface area contributed by atoms with Crippen molar-refractivity contribution in [3.63, 3.8) is 0 Å². The van der Waals surface area contributed by atoms with Gasteiger partial charge in [-0.25, -0.2) is 0 Å². The smallest absolute Gasteiger partial charge is 0.269 e. The number of carbonyl (C=O) groups excluding carboxylic acids is 1. The van der Waals surface area contributed by atoms with Crippen LogP contribution in [0, 0.1) is 16.0 Å². The molecule has 3 atom stereocenters. The Morgan fingerprint density at radius 1 is 1.21 bits per heavy atom. The van der Waals surface area contributed by atoms with Gasteiger partial charge in [0, 0.05) is 36.2 Å². The first-order chi connectivity index (χ1) is 11.4. The molecule has 0 bridgehead atoms. The van der Waals surface area contributed by atoms with Gasteiger partial charge in [-0.05, 0) is 45.6 Å². The Hall–Kier alpha value is -1.95. The summed E-state index contributed by atoms with van der Waals surface area (Å²) in [6.07, 6.45) is 3.89. The minimum atomic E-state index is -0.388. The maximum Gasteiger partial charge on any atom is 0.269 e. The maximum atomic E-state index is 12.2. The number of non-ortho nitro benzene ring substituents is 1. The van der Waals surface area contributed by atoms with Gasteiger partial charge in [0.15, 0.2) is 0 Å². The summed E-state index contributed by atoms with van der Waals surface area (Å²) in [6, 6.07) is 7.23. The Kier molecular flexibility index (Phi) is 6.31. The number of nitro benzene ring substituents is 1. The summed E-state index contributed by atoms with van der Waals surface area (Å²) in [5, 5.41) is 17.3. The van der Waals surface area contributed by atoms with Gasteiger partial charge in [0.05, 0.1) is 4.92 Å². The van der Waals surface area contributed by atoms with Crippen molar-refractivity contribution < 1.29 is 9.72 Å². The molecule has 1 aromatic carbocycles. The average molecular weight is 333 g/mol. The average Bonchev–Trinajstić information content (AvgIpc) is 2.54. The van der Waals surface area contributed by atoms with Crippen LogP contribution in [0.25, 0.3) is 0 Å². The van der Waals surface area contributed by atoms with Gasteiger partial charge in [0.25, 0.3) is 5.69 Å². The van der Waals surface area contributed by atoms with Gasteiger partial charge in [-0.3, -0.25) is 14.9 Å². The molecule has 1 aliphatic rings. The topological polar surface area (TPSA) is 84.3 Å². The van der Waals surface area contributed by atoms with Gasteiger partial charge >= 0.3 is 0 Å². The van der Waals surface area contributed by atoms with E-state index >= 15 is 0 Å². The molecule has 0 unspecified atom stereocenters. The van der Waals surface area contributed by atoms with Crippen LogP contribution in [0.5, 0.6) is 0 Å². The van der Waals surface area contributed by atoms with Crippen LogP contribution < -0.4 is 10.6 Å². The number of nitro groups is 1. The number of nitrogens with zero attached hydrogens (tertiary/aromatic N) is 1. The van der Waals surface area contributed by atoms with Crippen LogP contribution in [0.3, 0.4) is 0 Å². The third-order valence-electron chi connectivity index (χ3n) is 4.57. The van der Waals surface area contributed by atoms with E-state index in [9.17, 15) is 14.9 Å². The molecule has 0 saturated heterocycles. The predicted molar refractivity (Wildman–Crippen MR) is 93.7 cm³/mol. The van der Waals surface area contributed by atoms with E-state index in [2.05, 4.69) is 17.6 Å². The first-order valence-electron chi connectivity index (χ1n) is 8.67. The molecule has 24 heavy (non-hydrogen) atoms. The van der Waals surface area contributed by atoms with Crippen molar-refractivity contribution in [2.24, 2.45) is 5.92 Å². The highest BCUT2D eigenvalue weighted by Crippen LogP contribution is 2.27. The maximum absolute atomic E-state index is 12.2. The largest absolute Gasteiger partial charge is 0.354 e. The number of benzene rings is 1. The second kappa shape index (κ2) is 8.24. The lowest BCUT2D eigenvalue weighted by atomic mass is 9.84. The van der Waals surface area contributed by atoms with Crippen molar-refractivity contribution in [3.05, 3.63) is 39.9 Å². The number of nitrogens with one attached hydrogen (secondary N) is 2. The molecule has 0 heterocycles. The fraction of sp³-hybridized carbons (Fsp3) is 0.611. The molecule has 2 rings (SSSR count). The zero-order chi connectivity index (χ0) is 17.7. The van der Waals surface area contributed by atoms with E-state index in [-0.39, 0.29) is 34.5 Å². The van der Waals surface area contributed by atoms with Crippen LogP contribution in [0.1, 0.15) is 58.1 Å². The normalized spacial score (nSPS) is 22.2. The number of rotatable bonds is 6. The summed E-state index contributed by atoms with van der Waals surface area (Å²) < 4.78 is 0. The van der Waals surface area contributed by atoms with Gasteiger partial charge in [0.2, 0.25) is 5.91 Å². The number of hydrogen-bond acceptors (Lipinski definition) is 4. The highest BCUT2D eigenvalue weighted by atomic mass is 16.6. The monoisotopic (exact) mass is 333 g/mol. The Balaban J connectivity index is 1.92. The predicted octanol–water partition coefficient (Wildman–Crippen LogP) is 3.33. The van der Waals surface area contributed by atoms with Crippen molar-refractivity contribution in [2.45, 2.75) is 64.6 Å². The zero-order valence-electron chi connectivity index (χ0n) is 14.6. The Morgan fingerprint density at radius 3 is 2.46 bits per heavy atom. The van der Waals surface area contributed by atoms with Crippen molar-refractivity contribution in [1.82, 2.24) is 10.6 Å². The standard InChI is InChI=1S/C18H27N3O3/c1-12(2)19-18(22)15-5-4-6-16(11-15)20-13(3)14-7-9-17(10-8-14)21(23)24/h7-10,12-13,15-16,20H,4-6,11H2,1-3H3,(H,19,22)/t13-,15-,16+/m1/s1. The molecule has 1 aromatic rings. The molecule has 132 valence electrons. The molecule has 6 heteroatoms. The summed E-state index contributed by atoms with van der Waals surface area (Å²) in [5.41, 5.74) is 1.13. The van der Waals surface area contributed by atoms with Gasteiger partial charge in [-0.15, -0.1) is 0 Å². The van der Waals surface area contributed by atoms with E-state index in [4.69, 9.17) is 0 Å². The first kappa shape index (κ1) is 18.4. The quantitative estimate of drug-likeness (QED) is 0.618.